The first-order valence-corrected chi connectivity index (χ1v) is 7.39. The van der Waals surface area contributed by atoms with Gasteiger partial charge in [0.05, 0.1) is 0 Å². The van der Waals surface area contributed by atoms with Crippen molar-refractivity contribution in [1.82, 2.24) is 10.2 Å². The van der Waals surface area contributed by atoms with Crippen LogP contribution >= 0.6 is 0 Å². The maximum Gasteiger partial charge on any atom is 0.115 e. The Balaban J connectivity index is 1.71. The lowest BCUT2D eigenvalue weighted by molar-refractivity contribution is 0.243. The summed E-state index contributed by atoms with van der Waals surface area (Å²) in [6.07, 6.45) is 5.52. The van der Waals surface area contributed by atoms with Gasteiger partial charge in [0, 0.05) is 25.2 Å². The van der Waals surface area contributed by atoms with E-state index in [9.17, 15) is 5.11 Å². The van der Waals surface area contributed by atoms with Crippen molar-refractivity contribution in [3.63, 3.8) is 0 Å². The molecule has 0 saturated heterocycles. The zero-order valence-corrected chi connectivity index (χ0v) is 12.1. The fourth-order valence-corrected chi connectivity index (χ4v) is 2.87. The van der Waals surface area contributed by atoms with Gasteiger partial charge < -0.3 is 15.3 Å². The van der Waals surface area contributed by atoms with Gasteiger partial charge in [-0.3, -0.25) is 0 Å². The van der Waals surface area contributed by atoms with Gasteiger partial charge in [0.2, 0.25) is 0 Å². The highest BCUT2D eigenvalue weighted by atomic mass is 16.3. The second kappa shape index (κ2) is 6.92. The second-order valence-corrected chi connectivity index (χ2v) is 5.69. The summed E-state index contributed by atoms with van der Waals surface area (Å²) in [7, 11) is 2.24. The van der Waals surface area contributed by atoms with E-state index >= 15 is 0 Å². The number of phenolic OH excluding ortho intramolecular Hbond substituents is 1. The van der Waals surface area contributed by atoms with E-state index < -0.39 is 0 Å². The van der Waals surface area contributed by atoms with Crippen LogP contribution in [0.15, 0.2) is 24.3 Å². The van der Waals surface area contributed by atoms with Crippen molar-refractivity contribution in [1.29, 1.82) is 0 Å². The molecule has 0 bridgehead atoms. The summed E-state index contributed by atoms with van der Waals surface area (Å²) < 4.78 is 0. The summed E-state index contributed by atoms with van der Waals surface area (Å²) in [6.45, 7) is 4.28. The standard InChI is InChI=1S/C16H26N2O/c1-13(14-7-9-16(19)10-8-14)17-11-12-18(2)15-5-3-4-6-15/h7-10,13,15,17,19H,3-6,11-12H2,1-2H3. The Morgan fingerprint density at radius 2 is 1.89 bits per heavy atom. The third-order valence-corrected chi connectivity index (χ3v) is 4.26. The molecule has 3 nitrogen and oxygen atoms in total. The lowest BCUT2D eigenvalue weighted by Gasteiger charge is -2.25. The predicted molar refractivity (Wildman–Crippen MR) is 79.4 cm³/mol. The van der Waals surface area contributed by atoms with Crippen molar-refractivity contribution in [2.75, 3.05) is 20.1 Å². The molecule has 19 heavy (non-hydrogen) atoms. The van der Waals surface area contributed by atoms with Gasteiger partial charge >= 0.3 is 0 Å². The molecule has 0 heterocycles. The lowest BCUT2D eigenvalue weighted by atomic mass is 10.1. The third-order valence-electron chi connectivity index (χ3n) is 4.26. The molecule has 0 amide bonds. The highest BCUT2D eigenvalue weighted by Gasteiger charge is 2.18. The van der Waals surface area contributed by atoms with E-state index in [4.69, 9.17) is 0 Å². The quantitative estimate of drug-likeness (QED) is 0.827. The van der Waals surface area contributed by atoms with Crippen LogP contribution in [0.25, 0.3) is 0 Å². The topological polar surface area (TPSA) is 35.5 Å². The second-order valence-electron chi connectivity index (χ2n) is 5.69. The minimum absolute atomic E-state index is 0.330. The van der Waals surface area contributed by atoms with Gasteiger partial charge in [-0.25, -0.2) is 0 Å². The lowest BCUT2D eigenvalue weighted by Crippen LogP contribution is -2.36. The Bertz CT molecular complexity index is 371. The van der Waals surface area contributed by atoms with Gasteiger partial charge in [-0.2, -0.15) is 0 Å². The smallest absolute Gasteiger partial charge is 0.115 e. The summed E-state index contributed by atoms with van der Waals surface area (Å²) in [5.41, 5.74) is 1.22. The van der Waals surface area contributed by atoms with E-state index in [0.717, 1.165) is 19.1 Å². The van der Waals surface area contributed by atoms with Crippen molar-refractivity contribution < 1.29 is 5.11 Å². The Morgan fingerprint density at radius 1 is 1.26 bits per heavy atom. The molecule has 2 rings (SSSR count). The molecule has 0 aromatic heterocycles. The van der Waals surface area contributed by atoms with Crippen molar-refractivity contribution >= 4 is 0 Å². The molecule has 1 unspecified atom stereocenters. The molecule has 106 valence electrons. The number of hydrogen-bond donors (Lipinski definition) is 2. The molecule has 1 aromatic rings. The monoisotopic (exact) mass is 262 g/mol. The van der Waals surface area contributed by atoms with E-state index in [-0.39, 0.29) is 0 Å². The summed E-state index contributed by atoms with van der Waals surface area (Å²) in [4.78, 5) is 2.49. The SMILES string of the molecule is CC(NCCN(C)C1CCCC1)c1ccc(O)cc1. The number of rotatable bonds is 6. The molecular weight excluding hydrogens is 236 g/mol. The highest BCUT2D eigenvalue weighted by Crippen LogP contribution is 2.22. The Kier molecular flexibility index (Phi) is 5.23. The molecule has 1 aliphatic carbocycles. The third kappa shape index (κ3) is 4.22. The van der Waals surface area contributed by atoms with Crippen LogP contribution in [0.4, 0.5) is 0 Å². The number of benzene rings is 1. The van der Waals surface area contributed by atoms with E-state index in [1.54, 1.807) is 12.1 Å². The summed E-state index contributed by atoms with van der Waals surface area (Å²) in [6, 6.07) is 8.58. The largest absolute Gasteiger partial charge is 0.508 e. The molecule has 1 fully saturated rings. The predicted octanol–water partition coefficient (Wildman–Crippen LogP) is 2.92. The first kappa shape index (κ1) is 14.4. The van der Waals surface area contributed by atoms with E-state index in [1.807, 2.05) is 12.1 Å². The van der Waals surface area contributed by atoms with Crippen molar-refractivity contribution in [2.24, 2.45) is 0 Å². The average molecular weight is 262 g/mol. The van der Waals surface area contributed by atoms with Crippen LogP contribution in [0.3, 0.4) is 0 Å². The average Bonchev–Trinajstić information content (AvgIpc) is 2.93. The van der Waals surface area contributed by atoms with Crippen LogP contribution in [-0.2, 0) is 0 Å². The number of hydrogen-bond acceptors (Lipinski definition) is 3. The molecule has 2 N–H and O–H groups in total. The van der Waals surface area contributed by atoms with Gasteiger partial charge in [-0.1, -0.05) is 25.0 Å². The van der Waals surface area contributed by atoms with Gasteiger partial charge in [0.1, 0.15) is 5.75 Å². The molecule has 0 spiro atoms. The summed E-state index contributed by atoms with van der Waals surface area (Å²) in [5.74, 6) is 0.330. The number of nitrogens with one attached hydrogen (secondary N) is 1. The number of aromatic hydroxyl groups is 1. The number of nitrogens with zero attached hydrogens (tertiary/aromatic N) is 1. The van der Waals surface area contributed by atoms with Gasteiger partial charge in [0.15, 0.2) is 0 Å². The molecule has 1 atom stereocenters. The summed E-state index contributed by atoms with van der Waals surface area (Å²) in [5, 5.41) is 12.8. The minimum atomic E-state index is 0.330. The normalized spacial score (nSPS) is 18.1. The molecule has 3 heteroatoms. The Labute approximate surface area is 116 Å². The maximum absolute atomic E-state index is 9.28. The maximum atomic E-state index is 9.28. The number of phenols is 1. The van der Waals surface area contributed by atoms with Crippen molar-refractivity contribution in [2.45, 2.75) is 44.7 Å². The molecular formula is C16H26N2O. The Hall–Kier alpha value is -1.06. The van der Waals surface area contributed by atoms with E-state index in [1.165, 1.54) is 31.2 Å². The van der Waals surface area contributed by atoms with Crippen LogP contribution in [0.2, 0.25) is 0 Å². The fraction of sp³-hybridized carbons (Fsp3) is 0.625. The first-order valence-electron chi connectivity index (χ1n) is 7.39. The molecule has 1 aliphatic rings. The van der Waals surface area contributed by atoms with Crippen LogP contribution in [-0.4, -0.2) is 36.2 Å². The van der Waals surface area contributed by atoms with E-state index in [2.05, 4.69) is 24.2 Å². The highest BCUT2D eigenvalue weighted by molar-refractivity contribution is 5.27. The molecule has 0 aliphatic heterocycles. The fourth-order valence-electron chi connectivity index (χ4n) is 2.87. The van der Waals surface area contributed by atoms with Crippen LogP contribution in [0.1, 0.15) is 44.2 Å². The molecule has 1 saturated carbocycles. The zero-order valence-electron chi connectivity index (χ0n) is 12.1. The number of likely N-dealkylation sites (N-methyl/N-ethyl adjacent to an activating group) is 1. The van der Waals surface area contributed by atoms with Crippen LogP contribution in [0.5, 0.6) is 5.75 Å². The van der Waals surface area contributed by atoms with E-state index in [0.29, 0.717) is 11.8 Å². The van der Waals surface area contributed by atoms with Crippen LogP contribution in [0, 0.1) is 0 Å². The van der Waals surface area contributed by atoms with Gasteiger partial charge in [-0.05, 0) is 44.5 Å². The molecule has 1 aromatic carbocycles. The van der Waals surface area contributed by atoms with Gasteiger partial charge in [0.25, 0.3) is 0 Å². The minimum Gasteiger partial charge on any atom is -0.508 e. The summed E-state index contributed by atoms with van der Waals surface area (Å²) >= 11 is 0. The van der Waals surface area contributed by atoms with Gasteiger partial charge in [-0.15, -0.1) is 0 Å². The molecule has 0 radical (unpaired) electrons. The first-order chi connectivity index (χ1) is 9.16. The van der Waals surface area contributed by atoms with Crippen LogP contribution < -0.4 is 5.32 Å². The Morgan fingerprint density at radius 3 is 2.53 bits per heavy atom. The zero-order chi connectivity index (χ0) is 13.7. The van der Waals surface area contributed by atoms with Crippen molar-refractivity contribution in [3.8, 4) is 5.75 Å². The van der Waals surface area contributed by atoms with Crippen molar-refractivity contribution in [3.05, 3.63) is 29.8 Å².